The normalized spacial score (nSPS) is 19.9. The van der Waals surface area contributed by atoms with Crippen molar-refractivity contribution in [1.29, 1.82) is 0 Å². The molecular weight excluding hydrogens is 646 g/mol. The number of nitrogens with zero attached hydrogens (tertiary/aromatic N) is 3. The highest BCUT2D eigenvalue weighted by Crippen LogP contribution is 2.21. The smallest absolute Gasteiger partial charge is 0.275 e. The number of aryl methyl sites for hydroxylation is 1. The van der Waals surface area contributed by atoms with Crippen LogP contribution in [0.15, 0.2) is 78.9 Å². The maximum absolute atomic E-state index is 14.0. The van der Waals surface area contributed by atoms with E-state index in [0.717, 1.165) is 22.0 Å². The lowest BCUT2D eigenvalue weighted by atomic mass is 10.0. The molecule has 0 saturated heterocycles. The topological polar surface area (TPSA) is 155 Å². The summed E-state index contributed by atoms with van der Waals surface area (Å²) < 4.78 is 1.69. The molecule has 51 heavy (non-hydrogen) atoms. The van der Waals surface area contributed by atoms with Crippen LogP contribution in [0.2, 0.25) is 0 Å². The fourth-order valence-electron chi connectivity index (χ4n) is 6.20. The first kappa shape index (κ1) is 36.8. The second kappa shape index (κ2) is 16.9. The molecule has 4 aromatic rings. The Labute approximate surface area is 298 Å². The maximum atomic E-state index is 14.0. The van der Waals surface area contributed by atoms with Gasteiger partial charge in [-0.2, -0.15) is 5.10 Å². The molecule has 3 aromatic carbocycles. The fraction of sp³-hybridized carbons (Fsp3) is 0.385. The first-order valence-electron chi connectivity index (χ1n) is 17.5. The van der Waals surface area contributed by atoms with Gasteiger partial charge >= 0.3 is 0 Å². The highest BCUT2D eigenvalue weighted by molar-refractivity contribution is 6.05. The van der Waals surface area contributed by atoms with E-state index in [1.165, 1.54) is 0 Å². The molecule has 268 valence electrons. The van der Waals surface area contributed by atoms with Gasteiger partial charge in [0.15, 0.2) is 5.69 Å². The third-order valence-electron chi connectivity index (χ3n) is 8.99. The van der Waals surface area contributed by atoms with Gasteiger partial charge in [0.25, 0.3) is 11.8 Å². The van der Waals surface area contributed by atoms with Gasteiger partial charge < -0.3 is 26.2 Å². The van der Waals surface area contributed by atoms with Crippen molar-refractivity contribution >= 4 is 40.4 Å². The predicted octanol–water partition coefficient (Wildman–Crippen LogP) is 3.50. The average molecular weight is 694 g/mol. The molecule has 12 nitrogen and oxygen atoms in total. The standard InChI is InChI=1S/C39H47N7O5/c1-25(2)22-31-37(49)41-26(3)35(47)40-20-10-11-21-46(39(51)34-30-14-8-9-15-33(30)45(4)44-34)24-28-16-18-29(19-17-28)36(48)42-32(38(50)43-31)23-27-12-6-5-7-13-27/h5-9,12-19,25-26,31-32H,10-11,20-24H2,1-4H3,(H,40,47)(H,41,49)(H,42,48)(H,43,50)/t26-,31+,32-/m1/s1. The van der Waals surface area contributed by atoms with Crippen LogP contribution in [0.5, 0.6) is 0 Å². The van der Waals surface area contributed by atoms with E-state index in [-0.39, 0.29) is 30.7 Å². The average Bonchev–Trinajstić information content (AvgIpc) is 3.46. The largest absolute Gasteiger partial charge is 0.354 e. The number of carbonyl (C=O) groups excluding carboxylic acids is 5. The molecule has 0 fully saturated rings. The SMILES string of the molecule is CC(C)C[C@@H]1NC(=O)[C@@H](Cc2ccccc2)NC(=O)c2ccc(cc2)CN(C(=O)c2nn(C)c3ccccc23)CCCCNC(=O)[C@@H](C)NC1=O. The molecule has 3 atom stereocenters. The van der Waals surface area contributed by atoms with Crippen molar-refractivity contribution in [3.8, 4) is 0 Å². The first-order valence-corrected chi connectivity index (χ1v) is 17.5. The van der Waals surface area contributed by atoms with Gasteiger partial charge in [-0.1, -0.05) is 74.5 Å². The van der Waals surface area contributed by atoms with E-state index in [0.29, 0.717) is 43.6 Å². The van der Waals surface area contributed by atoms with Crippen molar-refractivity contribution in [3.63, 3.8) is 0 Å². The number of hydrogen-bond acceptors (Lipinski definition) is 6. The molecular formula is C39H47N7O5. The third-order valence-corrected chi connectivity index (χ3v) is 8.99. The second-order valence-electron chi connectivity index (χ2n) is 13.5. The van der Waals surface area contributed by atoms with Crippen LogP contribution < -0.4 is 21.3 Å². The van der Waals surface area contributed by atoms with Crippen molar-refractivity contribution in [1.82, 2.24) is 35.9 Å². The number of para-hydroxylation sites is 1. The van der Waals surface area contributed by atoms with Gasteiger partial charge in [0, 0.05) is 44.1 Å². The molecule has 6 rings (SSSR count). The van der Waals surface area contributed by atoms with Gasteiger partial charge in [-0.15, -0.1) is 0 Å². The highest BCUT2D eigenvalue weighted by atomic mass is 16.2. The molecule has 0 radical (unpaired) electrons. The minimum absolute atomic E-state index is 0.0585. The van der Waals surface area contributed by atoms with Crippen molar-refractivity contribution in [2.45, 2.75) is 71.1 Å². The summed E-state index contributed by atoms with van der Waals surface area (Å²) in [5.74, 6) is -1.97. The van der Waals surface area contributed by atoms with Crippen LogP contribution in [0.3, 0.4) is 0 Å². The van der Waals surface area contributed by atoms with Gasteiger partial charge in [0.2, 0.25) is 17.7 Å². The summed E-state index contributed by atoms with van der Waals surface area (Å²) in [6.07, 6.45) is 1.73. The quantitative estimate of drug-likeness (QED) is 0.235. The van der Waals surface area contributed by atoms with Gasteiger partial charge in [-0.3, -0.25) is 28.7 Å². The Morgan fingerprint density at radius 1 is 0.824 bits per heavy atom. The lowest BCUT2D eigenvalue weighted by molar-refractivity contribution is -0.132. The summed E-state index contributed by atoms with van der Waals surface area (Å²) in [4.78, 5) is 69.5. The van der Waals surface area contributed by atoms with Crippen LogP contribution in [-0.2, 0) is 34.4 Å². The summed E-state index contributed by atoms with van der Waals surface area (Å²) >= 11 is 0. The van der Waals surface area contributed by atoms with Crippen LogP contribution in [0, 0.1) is 5.92 Å². The molecule has 2 aliphatic heterocycles. The van der Waals surface area contributed by atoms with Crippen molar-refractivity contribution in [2.24, 2.45) is 13.0 Å². The Kier molecular flexibility index (Phi) is 12.2. The second-order valence-corrected chi connectivity index (χ2v) is 13.5. The monoisotopic (exact) mass is 693 g/mol. The van der Waals surface area contributed by atoms with Gasteiger partial charge in [-0.25, -0.2) is 0 Å². The maximum Gasteiger partial charge on any atom is 0.275 e. The van der Waals surface area contributed by atoms with E-state index in [9.17, 15) is 24.0 Å². The summed E-state index contributed by atoms with van der Waals surface area (Å²) in [6, 6.07) is 21.1. The van der Waals surface area contributed by atoms with Crippen molar-refractivity contribution in [2.75, 3.05) is 13.1 Å². The zero-order valence-corrected chi connectivity index (χ0v) is 29.6. The molecule has 0 saturated carbocycles. The van der Waals surface area contributed by atoms with Gasteiger partial charge in [0.1, 0.15) is 18.1 Å². The molecule has 5 amide bonds. The number of benzene rings is 3. The number of aromatic nitrogens is 2. The van der Waals surface area contributed by atoms with E-state index in [1.54, 1.807) is 47.8 Å². The van der Waals surface area contributed by atoms with E-state index < -0.39 is 35.8 Å². The Morgan fingerprint density at radius 2 is 1.51 bits per heavy atom. The number of nitrogens with one attached hydrogen (secondary N) is 4. The number of fused-ring (bicyclic) bond motifs is 19. The highest BCUT2D eigenvalue weighted by Gasteiger charge is 2.30. The number of amides is 5. The fourth-order valence-corrected chi connectivity index (χ4v) is 6.20. The molecule has 0 aliphatic carbocycles. The Bertz CT molecular complexity index is 1850. The molecule has 0 spiro atoms. The number of carbonyl (C=O) groups is 5. The molecule has 2 bridgehead atoms. The van der Waals surface area contributed by atoms with Crippen molar-refractivity contribution < 1.29 is 24.0 Å². The Hall–Kier alpha value is -5.52. The number of hydrogen-bond donors (Lipinski definition) is 4. The molecule has 0 unspecified atom stereocenters. The van der Waals surface area contributed by atoms with Crippen molar-refractivity contribution in [3.05, 3.63) is 101 Å². The van der Waals surface area contributed by atoms with Crippen LogP contribution >= 0.6 is 0 Å². The minimum atomic E-state index is -0.988. The van der Waals surface area contributed by atoms with Crippen LogP contribution in [0.1, 0.15) is 72.0 Å². The van der Waals surface area contributed by atoms with E-state index in [1.807, 2.05) is 68.4 Å². The molecule has 3 heterocycles. The van der Waals surface area contributed by atoms with Crippen LogP contribution in [0.4, 0.5) is 0 Å². The summed E-state index contributed by atoms with van der Waals surface area (Å²) in [6.45, 7) is 6.50. The van der Waals surface area contributed by atoms with Crippen LogP contribution in [0.25, 0.3) is 10.9 Å². The van der Waals surface area contributed by atoms with Gasteiger partial charge in [0.05, 0.1) is 5.52 Å². The molecule has 4 N–H and O–H groups in total. The summed E-state index contributed by atoms with van der Waals surface area (Å²) in [7, 11) is 1.80. The summed E-state index contributed by atoms with van der Waals surface area (Å²) in [5, 5.41) is 16.7. The molecule has 2 aliphatic rings. The van der Waals surface area contributed by atoms with Gasteiger partial charge in [-0.05, 0) is 61.4 Å². The van der Waals surface area contributed by atoms with E-state index in [2.05, 4.69) is 26.4 Å². The third kappa shape index (κ3) is 9.59. The molecule has 12 heteroatoms. The zero-order chi connectivity index (χ0) is 36.5. The van der Waals surface area contributed by atoms with Crippen LogP contribution in [-0.4, -0.2) is 75.4 Å². The van der Waals surface area contributed by atoms with E-state index >= 15 is 0 Å². The van der Waals surface area contributed by atoms with E-state index in [4.69, 9.17) is 0 Å². The number of rotatable bonds is 5. The Morgan fingerprint density at radius 3 is 2.24 bits per heavy atom. The lowest BCUT2D eigenvalue weighted by Crippen LogP contribution is -2.57. The lowest BCUT2D eigenvalue weighted by Gasteiger charge is -2.25. The summed E-state index contributed by atoms with van der Waals surface area (Å²) in [5.41, 5.74) is 3.19. The zero-order valence-electron chi connectivity index (χ0n) is 29.6. The first-order chi connectivity index (χ1) is 24.5. The minimum Gasteiger partial charge on any atom is -0.354 e. The Balaban J connectivity index is 1.43. The predicted molar refractivity (Wildman–Crippen MR) is 195 cm³/mol. The molecule has 1 aromatic heterocycles.